The van der Waals surface area contributed by atoms with Crippen LogP contribution in [-0.4, -0.2) is 49.3 Å². The van der Waals surface area contributed by atoms with Gasteiger partial charge in [-0.15, -0.1) is 0 Å². The fourth-order valence-corrected chi connectivity index (χ4v) is 8.84. The van der Waals surface area contributed by atoms with E-state index < -0.39 is 32.5 Å². The van der Waals surface area contributed by atoms with Crippen LogP contribution >= 0.6 is 7.82 Å². The van der Waals surface area contributed by atoms with E-state index in [-0.39, 0.29) is 32.6 Å². The second kappa shape index (κ2) is 61.4. The molecule has 9 nitrogen and oxygen atoms in total. The summed E-state index contributed by atoms with van der Waals surface area (Å²) in [7, 11) is -4.41. The summed E-state index contributed by atoms with van der Waals surface area (Å²) in [6.07, 6.45) is 86.6. The summed E-state index contributed by atoms with van der Waals surface area (Å²) in [5.41, 5.74) is 5.38. The highest BCUT2D eigenvalue weighted by molar-refractivity contribution is 7.47. The van der Waals surface area contributed by atoms with Crippen LogP contribution < -0.4 is 5.73 Å². The van der Waals surface area contributed by atoms with Crippen molar-refractivity contribution in [2.45, 2.75) is 251 Å². The Balaban J connectivity index is 3.98. The van der Waals surface area contributed by atoms with Crippen LogP contribution in [0.5, 0.6) is 0 Å². The van der Waals surface area contributed by atoms with Gasteiger partial charge in [0.05, 0.1) is 13.2 Å². The molecule has 77 heavy (non-hydrogen) atoms. The molecule has 0 bridgehead atoms. The van der Waals surface area contributed by atoms with Crippen LogP contribution in [0.25, 0.3) is 0 Å². The molecule has 0 radical (unpaired) electrons. The van der Waals surface area contributed by atoms with Crippen LogP contribution in [0.3, 0.4) is 0 Å². The third-order valence-electron chi connectivity index (χ3n) is 12.5. The van der Waals surface area contributed by atoms with E-state index in [4.69, 9.17) is 24.3 Å². The highest BCUT2D eigenvalue weighted by atomic mass is 31.2. The summed E-state index contributed by atoms with van der Waals surface area (Å²) in [5, 5.41) is 0. The molecule has 0 fully saturated rings. The number of carbonyl (C=O) groups excluding carboxylic acids is 2. The zero-order valence-corrected chi connectivity index (χ0v) is 49.8. The summed E-state index contributed by atoms with van der Waals surface area (Å²) < 4.78 is 33.0. The molecular weight excluding hydrogens is 978 g/mol. The van der Waals surface area contributed by atoms with Crippen molar-refractivity contribution in [3.8, 4) is 0 Å². The van der Waals surface area contributed by atoms with Crippen LogP contribution in [0.1, 0.15) is 245 Å². The molecule has 0 aromatic rings. The van der Waals surface area contributed by atoms with Crippen LogP contribution in [0, 0.1) is 0 Å². The number of nitrogens with two attached hydrogens (primary N) is 1. The third kappa shape index (κ3) is 61.2. The van der Waals surface area contributed by atoms with Crippen molar-refractivity contribution in [1.29, 1.82) is 0 Å². The smallest absolute Gasteiger partial charge is 0.462 e. The standard InChI is InChI=1S/C67H112NO8P/c1-3-5-7-9-11-13-15-17-19-21-23-25-27-28-29-30-31-32-33-34-35-36-38-39-41-43-45-47-49-51-53-55-57-59-66(69)73-63-65(64-75-77(71,72)74-62-61-68)76-67(70)60-58-56-54-52-50-48-46-44-42-40-37-26-24-22-20-18-16-14-12-10-8-6-4-2/h5-8,11-14,17-20,23-26,28-29,40,42,46,48,65H,3-4,9-10,15-16,21-22,27,30-39,41,43-45,47,49-64,68H2,1-2H3,(H,71,72)/b7-5-,8-6-,13-11-,14-12-,19-17-,20-18-,25-23-,26-24-,29-28-,42-40-,48-46-. The van der Waals surface area contributed by atoms with E-state index in [1.807, 2.05) is 0 Å². The molecule has 0 aromatic heterocycles. The summed E-state index contributed by atoms with van der Waals surface area (Å²) in [6.45, 7) is 3.48. The van der Waals surface area contributed by atoms with Crippen LogP contribution in [0.2, 0.25) is 0 Å². The summed E-state index contributed by atoms with van der Waals surface area (Å²) >= 11 is 0. The number of rotatable bonds is 56. The number of hydrogen-bond donors (Lipinski definition) is 2. The number of carbonyl (C=O) groups is 2. The normalized spacial score (nSPS) is 14.0. The average Bonchev–Trinajstić information content (AvgIpc) is 3.42. The number of phosphoric ester groups is 1. The van der Waals surface area contributed by atoms with Crippen molar-refractivity contribution in [3.63, 3.8) is 0 Å². The van der Waals surface area contributed by atoms with Gasteiger partial charge in [0.2, 0.25) is 0 Å². The number of esters is 2. The van der Waals surface area contributed by atoms with E-state index in [0.717, 1.165) is 116 Å². The van der Waals surface area contributed by atoms with Gasteiger partial charge in [-0.3, -0.25) is 18.6 Å². The van der Waals surface area contributed by atoms with Crippen LogP contribution in [0.15, 0.2) is 134 Å². The van der Waals surface area contributed by atoms with Gasteiger partial charge >= 0.3 is 19.8 Å². The maximum Gasteiger partial charge on any atom is 0.472 e. The molecular formula is C67H112NO8P. The van der Waals surface area contributed by atoms with Gasteiger partial charge in [0.15, 0.2) is 6.10 Å². The first-order chi connectivity index (χ1) is 37.8. The first kappa shape index (κ1) is 73.2. The zero-order chi connectivity index (χ0) is 55.9. The number of phosphoric acid groups is 1. The van der Waals surface area contributed by atoms with Gasteiger partial charge in [-0.25, -0.2) is 4.57 Å². The van der Waals surface area contributed by atoms with Crippen molar-refractivity contribution >= 4 is 19.8 Å². The number of hydrogen-bond acceptors (Lipinski definition) is 8. The Hall–Kier alpha value is -3.85. The Kier molecular flexibility index (Phi) is 58.3. The second-order valence-corrected chi connectivity index (χ2v) is 21.3. The molecule has 0 aliphatic carbocycles. The molecule has 10 heteroatoms. The van der Waals surface area contributed by atoms with Crippen molar-refractivity contribution in [3.05, 3.63) is 134 Å². The number of allylic oxidation sites excluding steroid dienone is 22. The molecule has 0 saturated heterocycles. The highest BCUT2D eigenvalue weighted by Gasteiger charge is 2.26. The minimum Gasteiger partial charge on any atom is -0.462 e. The predicted molar refractivity (Wildman–Crippen MR) is 330 cm³/mol. The van der Waals surface area contributed by atoms with Gasteiger partial charge in [-0.05, 0) is 109 Å². The topological polar surface area (TPSA) is 134 Å². The van der Waals surface area contributed by atoms with E-state index in [1.54, 1.807) is 0 Å². The lowest BCUT2D eigenvalue weighted by Gasteiger charge is -2.19. The lowest BCUT2D eigenvalue weighted by atomic mass is 10.0. The predicted octanol–water partition coefficient (Wildman–Crippen LogP) is 19.7. The minimum atomic E-state index is -4.41. The number of ether oxygens (including phenoxy) is 2. The first-order valence-electron chi connectivity index (χ1n) is 30.7. The van der Waals surface area contributed by atoms with Crippen molar-refractivity contribution in [2.24, 2.45) is 5.73 Å². The molecule has 0 saturated carbocycles. The van der Waals surface area contributed by atoms with Gasteiger partial charge < -0.3 is 20.1 Å². The fraction of sp³-hybridized carbons (Fsp3) is 0.642. The second-order valence-electron chi connectivity index (χ2n) is 19.8. The highest BCUT2D eigenvalue weighted by Crippen LogP contribution is 2.43. The summed E-state index contributed by atoms with van der Waals surface area (Å²) in [4.78, 5) is 35.2. The van der Waals surface area contributed by atoms with E-state index in [9.17, 15) is 19.0 Å². The molecule has 0 rings (SSSR count). The van der Waals surface area contributed by atoms with Crippen LogP contribution in [0.4, 0.5) is 0 Å². The number of unbranched alkanes of at least 4 members (excludes halogenated alkanes) is 21. The molecule has 438 valence electrons. The van der Waals surface area contributed by atoms with Gasteiger partial charge in [0.1, 0.15) is 6.61 Å². The maximum absolute atomic E-state index is 12.7. The SMILES string of the molecule is CC/C=C\C/C=C\C/C=C\C/C=C\C/C=C\C/C=C\CCCCCCC(=O)OC(COC(=O)CCCCCCCCCCCCCCCCCCC/C=C\C/C=C\C/C=C\C/C=C\C/C=C\CC)COP(=O)(O)OCCN. The van der Waals surface area contributed by atoms with Crippen molar-refractivity contribution in [2.75, 3.05) is 26.4 Å². The molecule has 0 aliphatic heterocycles. The van der Waals surface area contributed by atoms with Gasteiger partial charge in [-0.1, -0.05) is 257 Å². The first-order valence-corrected chi connectivity index (χ1v) is 32.2. The van der Waals surface area contributed by atoms with E-state index in [1.165, 1.54) is 96.3 Å². The fourth-order valence-electron chi connectivity index (χ4n) is 8.08. The lowest BCUT2D eigenvalue weighted by molar-refractivity contribution is -0.161. The molecule has 0 aromatic carbocycles. The summed E-state index contributed by atoms with van der Waals surface area (Å²) in [6, 6.07) is 0. The molecule has 0 amide bonds. The molecule has 2 atom stereocenters. The Bertz CT molecular complexity index is 1720. The van der Waals surface area contributed by atoms with Crippen molar-refractivity contribution in [1.82, 2.24) is 0 Å². The Morgan fingerprint density at radius 3 is 1.00 bits per heavy atom. The zero-order valence-electron chi connectivity index (χ0n) is 48.9. The maximum atomic E-state index is 12.7. The third-order valence-corrected chi connectivity index (χ3v) is 13.5. The van der Waals surface area contributed by atoms with E-state index >= 15 is 0 Å². The molecule has 0 heterocycles. The van der Waals surface area contributed by atoms with Crippen molar-refractivity contribution < 1.29 is 37.6 Å². The Morgan fingerprint density at radius 1 is 0.390 bits per heavy atom. The van der Waals surface area contributed by atoms with E-state index in [2.05, 4.69) is 148 Å². The molecule has 2 unspecified atom stereocenters. The lowest BCUT2D eigenvalue weighted by Crippen LogP contribution is -2.29. The van der Waals surface area contributed by atoms with Crippen LogP contribution in [-0.2, 0) is 32.7 Å². The summed E-state index contributed by atoms with van der Waals surface area (Å²) in [5.74, 6) is -0.860. The molecule has 0 spiro atoms. The Morgan fingerprint density at radius 2 is 0.675 bits per heavy atom. The molecule has 0 aliphatic rings. The largest absolute Gasteiger partial charge is 0.472 e. The van der Waals surface area contributed by atoms with Gasteiger partial charge in [-0.2, -0.15) is 0 Å². The van der Waals surface area contributed by atoms with Gasteiger partial charge in [0, 0.05) is 19.4 Å². The quantitative estimate of drug-likeness (QED) is 0.0264. The minimum absolute atomic E-state index is 0.0428. The van der Waals surface area contributed by atoms with E-state index in [0.29, 0.717) is 6.42 Å². The Labute approximate surface area is 472 Å². The average molecular weight is 1090 g/mol. The van der Waals surface area contributed by atoms with Gasteiger partial charge in [0.25, 0.3) is 0 Å². The monoisotopic (exact) mass is 1090 g/mol. The molecule has 3 N–H and O–H groups in total.